The number of ether oxygens (including phenoxy) is 2. The number of amides is 1. The molecule has 42 heavy (non-hydrogen) atoms. The molecule has 1 aliphatic carbocycles. The normalized spacial score (nSPS) is 13.0. The zero-order valence-electron chi connectivity index (χ0n) is 22.0. The van der Waals surface area contributed by atoms with Crippen molar-refractivity contribution in [1.82, 2.24) is 15.1 Å². The Morgan fingerprint density at radius 1 is 1.05 bits per heavy atom. The molecule has 1 aliphatic rings. The lowest BCUT2D eigenvalue weighted by molar-refractivity contribution is -0.274. The van der Waals surface area contributed by atoms with Gasteiger partial charge in [0.25, 0.3) is 5.91 Å². The molecule has 0 aliphatic heterocycles. The minimum absolute atomic E-state index is 0.0673. The summed E-state index contributed by atoms with van der Waals surface area (Å²) in [7, 11) is 0. The first-order chi connectivity index (χ1) is 20.0. The van der Waals surface area contributed by atoms with E-state index in [1.807, 2.05) is 0 Å². The number of nitrogens with one attached hydrogen (secondary N) is 1. The number of carbonyl (C=O) groups is 2. The summed E-state index contributed by atoms with van der Waals surface area (Å²) in [5, 5.41) is 17.5. The van der Waals surface area contributed by atoms with Crippen molar-refractivity contribution in [2.24, 2.45) is 5.92 Å². The largest absolute Gasteiger partial charge is 0.573 e. The Labute approximate surface area is 243 Å². The number of Topliss-reactive ketones (excluding diaryl/α,β-unsaturated/α-hetero) is 1. The van der Waals surface area contributed by atoms with Crippen molar-refractivity contribution in [1.29, 1.82) is 0 Å². The fourth-order valence-corrected chi connectivity index (χ4v) is 4.46. The number of nitrogens with zero attached hydrogens (tertiary/aromatic N) is 2. The molecule has 12 heteroatoms. The fraction of sp³-hybridized carbons (Fsp3) is 0.233. The zero-order chi connectivity index (χ0) is 29.9. The average molecular weight is 600 g/mol. The van der Waals surface area contributed by atoms with Crippen LogP contribution in [0.4, 0.5) is 13.2 Å². The summed E-state index contributed by atoms with van der Waals surface area (Å²) >= 11 is 6.09. The van der Waals surface area contributed by atoms with E-state index in [4.69, 9.17) is 16.3 Å². The lowest BCUT2D eigenvalue weighted by Gasteiger charge is -2.10. The van der Waals surface area contributed by atoms with Crippen molar-refractivity contribution in [2.45, 2.75) is 32.2 Å². The molecule has 1 aromatic heterocycles. The van der Waals surface area contributed by atoms with Crippen LogP contribution < -0.4 is 14.8 Å². The molecule has 0 radical (unpaired) electrons. The quantitative estimate of drug-likeness (QED) is 0.205. The maximum atomic E-state index is 12.6. The van der Waals surface area contributed by atoms with Gasteiger partial charge in [-0.3, -0.25) is 9.59 Å². The van der Waals surface area contributed by atoms with Crippen LogP contribution in [-0.2, 0) is 11.4 Å². The molecule has 0 atom stereocenters. The van der Waals surface area contributed by atoms with Gasteiger partial charge in [-0.2, -0.15) is 0 Å². The van der Waals surface area contributed by atoms with Crippen LogP contribution in [0.5, 0.6) is 17.4 Å². The Hall–Kier alpha value is -4.51. The first-order valence-electron chi connectivity index (χ1n) is 13.0. The third kappa shape index (κ3) is 7.61. The molecule has 4 aromatic rings. The van der Waals surface area contributed by atoms with Gasteiger partial charge in [0.2, 0.25) is 5.88 Å². The predicted octanol–water partition coefficient (Wildman–Crippen LogP) is 6.47. The Balaban J connectivity index is 1.31. The number of phenolic OH excluding ortho intramolecular Hbond substituents is 1. The molecule has 2 N–H and O–H groups in total. The highest BCUT2D eigenvalue weighted by molar-refractivity contribution is 6.30. The van der Waals surface area contributed by atoms with E-state index in [-0.39, 0.29) is 53.2 Å². The van der Waals surface area contributed by atoms with Gasteiger partial charge in [-0.05, 0) is 60.4 Å². The second-order valence-electron chi connectivity index (χ2n) is 9.76. The third-order valence-corrected chi connectivity index (χ3v) is 6.71. The number of benzene rings is 3. The molecule has 0 saturated heterocycles. The summed E-state index contributed by atoms with van der Waals surface area (Å²) in [5.74, 6) is -0.226. The van der Waals surface area contributed by atoms with Crippen LogP contribution in [0.25, 0.3) is 16.8 Å². The number of aromatic nitrogens is 2. The van der Waals surface area contributed by atoms with E-state index >= 15 is 0 Å². The number of ketones is 1. The van der Waals surface area contributed by atoms with Crippen LogP contribution in [0.2, 0.25) is 5.02 Å². The summed E-state index contributed by atoms with van der Waals surface area (Å²) < 4.78 is 49.2. The Bertz CT molecular complexity index is 1560. The lowest BCUT2D eigenvalue weighted by Crippen LogP contribution is -2.26. The van der Waals surface area contributed by atoms with E-state index in [9.17, 15) is 27.9 Å². The van der Waals surface area contributed by atoms with Crippen LogP contribution in [0.3, 0.4) is 0 Å². The predicted molar refractivity (Wildman–Crippen MR) is 148 cm³/mol. The van der Waals surface area contributed by atoms with Crippen LogP contribution in [0.15, 0.2) is 72.9 Å². The van der Waals surface area contributed by atoms with Gasteiger partial charge in [-0.15, -0.1) is 18.3 Å². The molecule has 218 valence electrons. The van der Waals surface area contributed by atoms with Gasteiger partial charge in [0, 0.05) is 41.7 Å². The van der Waals surface area contributed by atoms with E-state index in [2.05, 4.69) is 15.2 Å². The highest BCUT2D eigenvalue weighted by Gasteiger charge is 2.31. The van der Waals surface area contributed by atoms with Crippen LogP contribution in [0.1, 0.15) is 35.2 Å². The smallest absolute Gasteiger partial charge is 0.508 e. The molecule has 1 heterocycles. The van der Waals surface area contributed by atoms with Gasteiger partial charge in [-0.1, -0.05) is 35.9 Å². The number of aromatic hydroxyl groups is 1. The topological polar surface area (TPSA) is 103 Å². The molecule has 1 fully saturated rings. The van der Waals surface area contributed by atoms with Crippen LogP contribution in [0, 0.1) is 5.92 Å². The SMILES string of the molecule is O=C(NCCC(=O)C1CC1)c1ccc(COc2nn(-c3cc(O)cc(Cl)c3)cc2-c2ccc(OC(F)(F)F)cc2)cc1. The van der Waals surface area contributed by atoms with E-state index in [0.29, 0.717) is 28.8 Å². The van der Waals surface area contributed by atoms with Crippen molar-refractivity contribution >= 4 is 23.3 Å². The van der Waals surface area contributed by atoms with E-state index in [1.165, 1.54) is 41.1 Å². The molecule has 0 spiro atoms. The number of alkyl halides is 3. The molecule has 1 saturated carbocycles. The van der Waals surface area contributed by atoms with E-state index in [0.717, 1.165) is 18.4 Å². The molecular weight excluding hydrogens is 575 g/mol. The Morgan fingerprint density at radius 2 is 1.76 bits per heavy atom. The maximum absolute atomic E-state index is 12.6. The van der Waals surface area contributed by atoms with Crippen molar-refractivity contribution in [3.63, 3.8) is 0 Å². The molecule has 0 bridgehead atoms. The second kappa shape index (κ2) is 12.2. The summed E-state index contributed by atoms with van der Waals surface area (Å²) in [6.45, 7) is 0.357. The molecule has 1 amide bonds. The average Bonchev–Trinajstić information content (AvgIpc) is 3.70. The number of halogens is 4. The van der Waals surface area contributed by atoms with Crippen molar-refractivity contribution < 1.29 is 37.3 Å². The number of carbonyl (C=O) groups excluding carboxylic acids is 2. The fourth-order valence-electron chi connectivity index (χ4n) is 4.24. The Morgan fingerprint density at radius 3 is 2.40 bits per heavy atom. The van der Waals surface area contributed by atoms with Gasteiger partial charge >= 0.3 is 6.36 Å². The van der Waals surface area contributed by atoms with Gasteiger partial charge < -0.3 is 19.9 Å². The van der Waals surface area contributed by atoms with Gasteiger partial charge in [0.05, 0.1) is 11.3 Å². The monoisotopic (exact) mass is 599 g/mol. The molecule has 8 nitrogen and oxygen atoms in total. The molecule has 5 rings (SSSR count). The van der Waals surface area contributed by atoms with Crippen molar-refractivity contribution in [3.8, 4) is 34.2 Å². The highest BCUT2D eigenvalue weighted by Crippen LogP contribution is 2.34. The summed E-state index contributed by atoms with van der Waals surface area (Å²) in [6.07, 6.45) is -1.02. The van der Waals surface area contributed by atoms with Gasteiger partial charge in [-0.25, -0.2) is 4.68 Å². The minimum Gasteiger partial charge on any atom is -0.508 e. The number of phenols is 1. The first kappa shape index (κ1) is 29.0. The summed E-state index contributed by atoms with van der Waals surface area (Å²) in [6, 6.07) is 16.4. The number of rotatable bonds is 11. The zero-order valence-corrected chi connectivity index (χ0v) is 22.8. The van der Waals surface area contributed by atoms with E-state index < -0.39 is 6.36 Å². The number of hydrogen-bond donors (Lipinski definition) is 2. The summed E-state index contributed by atoms with van der Waals surface area (Å²) in [5.41, 5.74) is 2.56. The van der Waals surface area contributed by atoms with Crippen LogP contribution in [-0.4, -0.2) is 39.5 Å². The second-order valence-corrected chi connectivity index (χ2v) is 10.2. The standard InChI is InChI=1S/C30H25ClF3N3O5/c31-22-13-23(15-24(38)14-22)37-16-26(19-7-9-25(10-8-19)42-30(32,33)34)29(36-37)41-17-18-1-3-21(4-2-18)28(40)35-12-11-27(39)20-5-6-20/h1-4,7-10,13-16,20,38H,5-6,11-12,17H2,(H,35,40). The molecule has 0 unspecified atom stereocenters. The third-order valence-electron chi connectivity index (χ3n) is 6.49. The first-order valence-corrected chi connectivity index (χ1v) is 13.4. The summed E-state index contributed by atoms with van der Waals surface area (Å²) in [4.78, 5) is 24.2. The minimum atomic E-state index is -4.82. The van der Waals surface area contributed by atoms with Crippen molar-refractivity contribution in [3.05, 3.63) is 89.1 Å². The number of hydrogen-bond acceptors (Lipinski definition) is 6. The maximum Gasteiger partial charge on any atom is 0.573 e. The molecule has 3 aromatic carbocycles. The van der Waals surface area contributed by atoms with Crippen molar-refractivity contribution in [2.75, 3.05) is 6.54 Å². The Kier molecular flexibility index (Phi) is 8.39. The molecular formula is C30H25ClF3N3O5. The van der Waals surface area contributed by atoms with Gasteiger partial charge in [0.1, 0.15) is 23.9 Å². The lowest BCUT2D eigenvalue weighted by atomic mass is 10.1. The van der Waals surface area contributed by atoms with E-state index in [1.54, 1.807) is 36.5 Å². The highest BCUT2D eigenvalue weighted by atomic mass is 35.5. The van der Waals surface area contributed by atoms with Gasteiger partial charge in [0.15, 0.2) is 0 Å². The van der Waals surface area contributed by atoms with Crippen LogP contribution >= 0.6 is 11.6 Å².